The van der Waals surface area contributed by atoms with Crippen molar-refractivity contribution >= 4 is 11.5 Å². The number of ketones is 1. The maximum atomic E-state index is 13.0. The van der Waals surface area contributed by atoms with Gasteiger partial charge < -0.3 is 4.90 Å². The van der Waals surface area contributed by atoms with Gasteiger partial charge >= 0.3 is 6.18 Å². The molecule has 0 amide bonds. The van der Waals surface area contributed by atoms with Crippen molar-refractivity contribution in [1.82, 2.24) is 19.9 Å². The summed E-state index contributed by atoms with van der Waals surface area (Å²) in [7, 11) is 0. The van der Waals surface area contributed by atoms with Crippen LogP contribution in [-0.4, -0.2) is 58.4 Å². The number of carbonyl (C=O) groups is 1. The predicted octanol–water partition coefficient (Wildman–Crippen LogP) is 3.74. The average Bonchev–Trinajstić information content (AvgIpc) is 3.28. The van der Waals surface area contributed by atoms with E-state index < -0.39 is 11.7 Å². The van der Waals surface area contributed by atoms with Gasteiger partial charge in [-0.25, -0.2) is 0 Å². The molecule has 32 heavy (non-hydrogen) atoms. The van der Waals surface area contributed by atoms with Crippen LogP contribution in [0.25, 0.3) is 0 Å². The maximum Gasteiger partial charge on any atom is 0.416 e. The van der Waals surface area contributed by atoms with Gasteiger partial charge in [0.05, 0.1) is 18.3 Å². The summed E-state index contributed by atoms with van der Waals surface area (Å²) in [4.78, 5) is 18.2. The van der Waals surface area contributed by atoms with E-state index in [0.717, 1.165) is 32.1 Å². The second-order valence-corrected chi connectivity index (χ2v) is 7.75. The van der Waals surface area contributed by atoms with Crippen molar-refractivity contribution in [2.75, 3.05) is 37.6 Å². The quantitative estimate of drug-likeness (QED) is 0.521. The number of anilines is 1. The molecule has 0 bridgehead atoms. The number of halogens is 3. The fourth-order valence-corrected chi connectivity index (χ4v) is 3.79. The molecule has 1 saturated heterocycles. The van der Waals surface area contributed by atoms with Crippen LogP contribution in [-0.2, 0) is 12.7 Å². The van der Waals surface area contributed by atoms with E-state index in [9.17, 15) is 18.0 Å². The lowest BCUT2D eigenvalue weighted by atomic mass is 10.1. The molecule has 4 rings (SSSR count). The molecule has 1 aliphatic heterocycles. The highest BCUT2D eigenvalue weighted by Gasteiger charge is 2.31. The molecule has 1 fully saturated rings. The third-order valence-electron chi connectivity index (χ3n) is 5.55. The number of rotatable bonds is 7. The van der Waals surface area contributed by atoms with Gasteiger partial charge in [0, 0.05) is 44.0 Å². The lowest BCUT2D eigenvalue weighted by Gasteiger charge is -2.36. The first-order chi connectivity index (χ1) is 15.4. The fraction of sp³-hybridized carbons (Fsp3) is 0.348. The number of piperazine rings is 1. The molecular formula is C23H24F3N5O. The Balaban J connectivity index is 1.23. The van der Waals surface area contributed by atoms with E-state index in [0.29, 0.717) is 36.6 Å². The number of aryl methyl sites for hydroxylation is 1. The zero-order valence-corrected chi connectivity index (χ0v) is 17.5. The molecule has 0 radical (unpaired) electrons. The van der Waals surface area contributed by atoms with E-state index in [4.69, 9.17) is 0 Å². The summed E-state index contributed by atoms with van der Waals surface area (Å²) < 4.78 is 38.9. The Morgan fingerprint density at radius 1 is 0.938 bits per heavy atom. The molecule has 6 nitrogen and oxygen atoms in total. The zero-order chi connectivity index (χ0) is 22.6. The standard InChI is InChI=1S/C23H24F3N5O/c24-23(25,26)19-8-4-9-20(16-19)30-14-12-29(13-15-30)10-5-11-31-27-17-21(28-31)22(32)18-6-2-1-3-7-18/h1-4,6-9,16-17H,5,10-15H2. The molecule has 1 aliphatic rings. The monoisotopic (exact) mass is 443 g/mol. The smallest absolute Gasteiger partial charge is 0.369 e. The number of hydrogen-bond acceptors (Lipinski definition) is 5. The summed E-state index contributed by atoms with van der Waals surface area (Å²) in [5.41, 5.74) is 0.897. The van der Waals surface area contributed by atoms with Crippen molar-refractivity contribution in [3.05, 3.63) is 77.6 Å². The zero-order valence-electron chi connectivity index (χ0n) is 17.5. The van der Waals surface area contributed by atoms with E-state index in [1.54, 1.807) is 18.2 Å². The lowest BCUT2D eigenvalue weighted by molar-refractivity contribution is -0.137. The number of nitrogens with zero attached hydrogens (tertiary/aromatic N) is 5. The Morgan fingerprint density at radius 3 is 2.41 bits per heavy atom. The molecular weight excluding hydrogens is 419 g/mol. The first kappa shape index (κ1) is 22.0. The highest BCUT2D eigenvalue weighted by Crippen LogP contribution is 2.31. The van der Waals surface area contributed by atoms with Crippen molar-refractivity contribution in [2.45, 2.75) is 19.1 Å². The first-order valence-corrected chi connectivity index (χ1v) is 10.5. The third-order valence-corrected chi connectivity index (χ3v) is 5.55. The first-order valence-electron chi connectivity index (χ1n) is 10.5. The number of carbonyl (C=O) groups excluding carboxylic acids is 1. The molecule has 0 unspecified atom stereocenters. The van der Waals surface area contributed by atoms with Crippen LogP contribution in [0.5, 0.6) is 0 Å². The normalized spacial score (nSPS) is 15.2. The SMILES string of the molecule is O=C(c1ccccc1)c1cnn(CCCN2CCN(c3cccc(C(F)(F)F)c3)CC2)n1. The minimum absolute atomic E-state index is 0.150. The van der Waals surface area contributed by atoms with Gasteiger partial charge in [0.25, 0.3) is 0 Å². The van der Waals surface area contributed by atoms with Crippen molar-refractivity contribution < 1.29 is 18.0 Å². The molecule has 0 saturated carbocycles. The summed E-state index contributed by atoms with van der Waals surface area (Å²) in [6.07, 6.45) is -2.02. The molecule has 0 aliphatic carbocycles. The van der Waals surface area contributed by atoms with Crippen LogP contribution in [0.3, 0.4) is 0 Å². The molecule has 2 heterocycles. The minimum Gasteiger partial charge on any atom is -0.369 e. The van der Waals surface area contributed by atoms with Gasteiger partial charge in [0.15, 0.2) is 5.69 Å². The van der Waals surface area contributed by atoms with E-state index >= 15 is 0 Å². The number of aromatic nitrogens is 3. The Hall–Kier alpha value is -3.20. The maximum absolute atomic E-state index is 13.0. The van der Waals surface area contributed by atoms with Crippen molar-refractivity contribution in [3.63, 3.8) is 0 Å². The minimum atomic E-state index is -4.33. The van der Waals surface area contributed by atoms with Crippen molar-refractivity contribution in [3.8, 4) is 0 Å². The molecule has 0 atom stereocenters. The van der Waals surface area contributed by atoms with Crippen molar-refractivity contribution in [1.29, 1.82) is 0 Å². The Bertz CT molecular complexity index is 1040. The van der Waals surface area contributed by atoms with Gasteiger partial charge in [0.1, 0.15) is 0 Å². The van der Waals surface area contributed by atoms with E-state index in [2.05, 4.69) is 15.1 Å². The van der Waals surface area contributed by atoms with Crippen LogP contribution in [0.15, 0.2) is 60.8 Å². The fourth-order valence-electron chi connectivity index (χ4n) is 3.79. The van der Waals surface area contributed by atoms with Gasteiger partial charge in [-0.05, 0) is 24.6 Å². The predicted molar refractivity (Wildman–Crippen MR) is 115 cm³/mol. The highest BCUT2D eigenvalue weighted by atomic mass is 19.4. The topological polar surface area (TPSA) is 54.3 Å². The molecule has 0 spiro atoms. The van der Waals surface area contributed by atoms with E-state index in [-0.39, 0.29) is 5.78 Å². The van der Waals surface area contributed by atoms with E-state index in [1.165, 1.54) is 23.1 Å². The summed E-state index contributed by atoms with van der Waals surface area (Å²) in [6, 6.07) is 14.5. The molecule has 9 heteroatoms. The second kappa shape index (κ2) is 9.52. The van der Waals surface area contributed by atoms with Gasteiger partial charge in [-0.2, -0.15) is 23.1 Å². The third kappa shape index (κ3) is 5.34. The number of alkyl halides is 3. The van der Waals surface area contributed by atoms with Crippen LogP contribution in [0, 0.1) is 0 Å². The Morgan fingerprint density at radius 2 is 1.69 bits per heavy atom. The summed E-state index contributed by atoms with van der Waals surface area (Å²) in [5, 5.41) is 8.48. The van der Waals surface area contributed by atoms with Crippen LogP contribution >= 0.6 is 0 Å². The Labute approximate surface area is 184 Å². The Kier molecular flexibility index (Phi) is 6.55. The van der Waals surface area contributed by atoms with Crippen LogP contribution in [0.2, 0.25) is 0 Å². The van der Waals surface area contributed by atoms with Crippen LogP contribution < -0.4 is 4.90 Å². The summed E-state index contributed by atoms with van der Waals surface area (Å²) in [5.74, 6) is -0.150. The van der Waals surface area contributed by atoms with E-state index in [1.807, 2.05) is 23.1 Å². The molecule has 3 aromatic rings. The average molecular weight is 443 g/mol. The molecule has 2 aromatic carbocycles. The lowest BCUT2D eigenvalue weighted by Crippen LogP contribution is -2.46. The summed E-state index contributed by atoms with van der Waals surface area (Å²) >= 11 is 0. The van der Waals surface area contributed by atoms with Crippen molar-refractivity contribution in [2.24, 2.45) is 0 Å². The molecule has 1 aromatic heterocycles. The molecule has 0 N–H and O–H groups in total. The number of benzene rings is 2. The van der Waals surface area contributed by atoms with Gasteiger partial charge in [-0.3, -0.25) is 9.69 Å². The van der Waals surface area contributed by atoms with Crippen LogP contribution in [0.1, 0.15) is 28.0 Å². The largest absolute Gasteiger partial charge is 0.416 e. The van der Waals surface area contributed by atoms with Gasteiger partial charge in [0.2, 0.25) is 5.78 Å². The van der Waals surface area contributed by atoms with Gasteiger partial charge in [-0.1, -0.05) is 36.4 Å². The highest BCUT2D eigenvalue weighted by molar-refractivity contribution is 6.07. The van der Waals surface area contributed by atoms with Crippen LogP contribution in [0.4, 0.5) is 18.9 Å². The second-order valence-electron chi connectivity index (χ2n) is 7.75. The number of hydrogen-bond donors (Lipinski definition) is 0. The van der Waals surface area contributed by atoms with Gasteiger partial charge in [-0.15, -0.1) is 5.10 Å². The molecule has 168 valence electrons. The summed E-state index contributed by atoms with van der Waals surface area (Å²) in [6.45, 7) is 4.34.